The highest BCUT2D eigenvalue weighted by Crippen LogP contribution is 2.28. The van der Waals surface area contributed by atoms with E-state index in [0.717, 1.165) is 11.3 Å². The molecule has 0 spiro atoms. The molecule has 0 atom stereocenters. The average molecular weight is 359 g/mol. The number of non-ortho nitro benzene ring substituents is 1. The summed E-state index contributed by atoms with van der Waals surface area (Å²) in [5.74, 6) is 1.76. The van der Waals surface area contributed by atoms with E-state index in [1.807, 2.05) is 25.1 Å². The molecule has 0 aliphatic rings. The lowest BCUT2D eigenvalue weighted by molar-refractivity contribution is -0.384. The van der Waals surface area contributed by atoms with Gasteiger partial charge in [-0.25, -0.2) is 4.98 Å². The molecule has 3 aromatic rings. The van der Waals surface area contributed by atoms with Gasteiger partial charge in [0.25, 0.3) is 5.69 Å². The van der Waals surface area contributed by atoms with Gasteiger partial charge in [0, 0.05) is 18.6 Å². The average Bonchev–Trinajstić information content (AvgIpc) is 2.96. The van der Waals surface area contributed by atoms with Gasteiger partial charge in [0.05, 0.1) is 27.8 Å². The van der Waals surface area contributed by atoms with E-state index in [4.69, 9.17) is 20.8 Å². The third-order valence-electron chi connectivity index (χ3n) is 3.65. The second-order valence-electron chi connectivity index (χ2n) is 5.35. The lowest BCUT2D eigenvalue weighted by atomic mass is 10.2. The minimum atomic E-state index is -0.446. The third kappa shape index (κ3) is 3.97. The number of hydrogen-bond acceptors (Lipinski definition) is 5. The van der Waals surface area contributed by atoms with Crippen LogP contribution in [0.4, 0.5) is 5.69 Å². The van der Waals surface area contributed by atoms with Crippen LogP contribution in [0, 0.1) is 17.0 Å². The van der Waals surface area contributed by atoms with E-state index < -0.39 is 4.92 Å². The lowest BCUT2D eigenvalue weighted by Crippen LogP contribution is -2.02. The van der Waals surface area contributed by atoms with E-state index >= 15 is 0 Å². The number of halogens is 1. The summed E-state index contributed by atoms with van der Waals surface area (Å²) in [5, 5.41) is 11.2. The molecule has 1 heterocycles. The van der Waals surface area contributed by atoms with Gasteiger partial charge in [-0.15, -0.1) is 0 Å². The number of nitrogens with zero attached hydrogens (tertiary/aromatic N) is 2. The number of benzene rings is 2. The molecule has 0 radical (unpaired) electrons. The van der Waals surface area contributed by atoms with Crippen molar-refractivity contribution in [3.8, 4) is 17.2 Å². The van der Waals surface area contributed by atoms with Crippen LogP contribution in [0.15, 0.2) is 52.9 Å². The van der Waals surface area contributed by atoms with E-state index in [1.54, 1.807) is 18.2 Å². The van der Waals surface area contributed by atoms with Crippen LogP contribution in [0.25, 0.3) is 11.5 Å². The second-order valence-corrected chi connectivity index (χ2v) is 5.76. The molecule has 0 amide bonds. The van der Waals surface area contributed by atoms with E-state index in [2.05, 4.69) is 4.98 Å². The number of hydrogen-bond donors (Lipinski definition) is 0. The standard InChI is InChI=1S/C18H15ClN2O4/c1-12-17(20-18(25-12)15-4-2-3-5-16(15)19)10-11-24-14-8-6-13(7-9-14)21(22)23/h2-9H,10-11H2,1H3. The first kappa shape index (κ1) is 17.0. The molecule has 2 aromatic carbocycles. The van der Waals surface area contributed by atoms with Crippen LogP contribution in [0.3, 0.4) is 0 Å². The van der Waals surface area contributed by atoms with Gasteiger partial charge in [-0.2, -0.15) is 0 Å². The van der Waals surface area contributed by atoms with Crippen LogP contribution in [-0.2, 0) is 6.42 Å². The molecule has 6 nitrogen and oxygen atoms in total. The number of nitro groups is 1. The maximum absolute atomic E-state index is 10.6. The first-order chi connectivity index (χ1) is 12.0. The van der Waals surface area contributed by atoms with Crippen molar-refractivity contribution in [3.63, 3.8) is 0 Å². The SMILES string of the molecule is Cc1oc(-c2ccccc2Cl)nc1CCOc1ccc([N+](=O)[O-])cc1. The van der Waals surface area contributed by atoms with Gasteiger partial charge in [0.15, 0.2) is 0 Å². The van der Waals surface area contributed by atoms with Gasteiger partial charge >= 0.3 is 0 Å². The fourth-order valence-corrected chi connectivity index (χ4v) is 2.56. The zero-order valence-corrected chi connectivity index (χ0v) is 14.2. The van der Waals surface area contributed by atoms with Crippen molar-refractivity contribution in [1.82, 2.24) is 4.98 Å². The molecule has 0 unspecified atom stereocenters. The molecule has 3 rings (SSSR count). The number of oxazole rings is 1. The summed E-state index contributed by atoms with van der Waals surface area (Å²) in [7, 11) is 0. The Labute approximate surface area is 149 Å². The van der Waals surface area contributed by atoms with Gasteiger partial charge in [0.2, 0.25) is 5.89 Å². The largest absolute Gasteiger partial charge is 0.493 e. The molecule has 0 N–H and O–H groups in total. The van der Waals surface area contributed by atoms with Gasteiger partial charge in [-0.1, -0.05) is 23.7 Å². The Balaban J connectivity index is 1.64. The summed E-state index contributed by atoms with van der Waals surface area (Å²) in [4.78, 5) is 14.7. The lowest BCUT2D eigenvalue weighted by Gasteiger charge is -2.04. The first-order valence-electron chi connectivity index (χ1n) is 7.63. The number of ether oxygens (including phenoxy) is 1. The number of rotatable bonds is 6. The van der Waals surface area contributed by atoms with Crippen molar-refractivity contribution >= 4 is 17.3 Å². The van der Waals surface area contributed by atoms with E-state index in [1.165, 1.54) is 12.1 Å². The van der Waals surface area contributed by atoms with Crippen molar-refractivity contribution in [1.29, 1.82) is 0 Å². The minimum absolute atomic E-state index is 0.0316. The summed E-state index contributed by atoms with van der Waals surface area (Å²) in [6, 6.07) is 13.3. The molecule has 0 saturated heterocycles. The summed E-state index contributed by atoms with van der Waals surface area (Å²) >= 11 is 6.17. The zero-order chi connectivity index (χ0) is 17.8. The van der Waals surface area contributed by atoms with Gasteiger partial charge in [-0.05, 0) is 31.2 Å². The van der Waals surface area contributed by atoms with E-state index in [0.29, 0.717) is 35.5 Å². The number of aromatic nitrogens is 1. The Morgan fingerprint density at radius 2 is 1.92 bits per heavy atom. The van der Waals surface area contributed by atoms with Crippen molar-refractivity contribution < 1.29 is 14.1 Å². The van der Waals surface area contributed by atoms with Crippen molar-refractivity contribution in [2.24, 2.45) is 0 Å². The molecule has 0 saturated carbocycles. The summed E-state index contributed by atoms with van der Waals surface area (Å²) < 4.78 is 11.3. The first-order valence-corrected chi connectivity index (χ1v) is 8.01. The molecule has 0 aliphatic carbocycles. The van der Waals surface area contributed by atoms with Crippen LogP contribution in [0.5, 0.6) is 5.75 Å². The predicted octanol–water partition coefficient (Wildman–Crippen LogP) is 4.83. The Hall–Kier alpha value is -2.86. The Bertz CT molecular complexity index is 890. The maximum Gasteiger partial charge on any atom is 0.269 e. The molecule has 0 aliphatic heterocycles. The minimum Gasteiger partial charge on any atom is -0.493 e. The van der Waals surface area contributed by atoms with Crippen molar-refractivity contribution in [2.75, 3.05) is 6.61 Å². The van der Waals surface area contributed by atoms with Crippen LogP contribution in [0.1, 0.15) is 11.5 Å². The van der Waals surface area contributed by atoms with Crippen molar-refractivity contribution in [3.05, 3.63) is 75.1 Å². The molecule has 25 heavy (non-hydrogen) atoms. The van der Waals surface area contributed by atoms with Crippen molar-refractivity contribution in [2.45, 2.75) is 13.3 Å². The highest BCUT2D eigenvalue weighted by molar-refractivity contribution is 6.33. The molecule has 128 valence electrons. The number of nitro benzene ring substituents is 1. The second kappa shape index (κ2) is 7.36. The normalized spacial score (nSPS) is 10.6. The van der Waals surface area contributed by atoms with Gasteiger partial charge < -0.3 is 9.15 Å². The smallest absolute Gasteiger partial charge is 0.269 e. The van der Waals surface area contributed by atoms with Gasteiger partial charge in [-0.3, -0.25) is 10.1 Å². The van der Waals surface area contributed by atoms with E-state index in [-0.39, 0.29) is 5.69 Å². The summed E-state index contributed by atoms with van der Waals surface area (Å²) in [5.41, 5.74) is 1.57. The molecular formula is C18H15ClN2O4. The molecule has 0 bridgehead atoms. The fourth-order valence-electron chi connectivity index (χ4n) is 2.34. The third-order valence-corrected chi connectivity index (χ3v) is 3.98. The monoisotopic (exact) mass is 358 g/mol. The van der Waals surface area contributed by atoms with Crippen LogP contribution >= 0.6 is 11.6 Å². The summed E-state index contributed by atoms with van der Waals surface area (Å²) in [6.07, 6.45) is 0.552. The van der Waals surface area contributed by atoms with Crippen LogP contribution in [-0.4, -0.2) is 16.5 Å². The molecule has 7 heteroatoms. The van der Waals surface area contributed by atoms with Crippen LogP contribution < -0.4 is 4.74 Å². The highest BCUT2D eigenvalue weighted by atomic mass is 35.5. The Kier molecular flexibility index (Phi) is 5.00. The zero-order valence-electron chi connectivity index (χ0n) is 13.4. The maximum atomic E-state index is 10.6. The predicted molar refractivity (Wildman–Crippen MR) is 94.0 cm³/mol. The topological polar surface area (TPSA) is 78.4 Å². The molecule has 0 fully saturated rings. The summed E-state index contributed by atoms with van der Waals surface area (Å²) in [6.45, 7) is 2.22. The van der Waals surface area contributed by atoms with E-state index in [9.17, 15) is 10.1 Å². The Morgan fingerprint density at radius 1 is 1.20 bits per heavy atom. The molecular weight excluding hydrogens is 344 g/mol. The molecule has 1 aromatic heterocycles. The highest BCUT2D eigenvalue weighted by Gasteiger charge is 2.14. The quantitative estimate of drug-likeness (QED) is 0.465. The number of aryl methyl sites for hydroxylation is 1. The fraction of sp³-hybridized carbons (Fsp3) is 0.167. The van der Waals surface area contributed by atoms with Crippen LogP contribution in [0.2, 0.25) is 5.02 Å². The van der Waals surface area contributed by atoms with Gasteiger partial charge in [0.1, 0.15) is 11.5 Å². The Morgan fingerprint density at radius 3 is 2.60 bits per heavy atom.